The van der Waals surface area contributed by atoms with E-state index in [-0.39, 0.29) is 29.2 Å². The maximum absolute atomic E-state index is 12.3. The molecular formula is C26H31N3O6. The highest BCUT2D eigenvalue weighted by atomic mass is 16.6. The van der Waals surface area contributed by atoms with E-state index >= 15 is 0 Å². The van der Waals surface area contributed by atoms with Crippen molar-refractivity contribution >= 4 is 29.1 Å². The summed E-state index contributed by atoms with van der Waals surface area (Å²) in [6, 6.07) is 11.0. The molecule has 0 aromatic heterocycles. The number of benzene rings is 2. The van der Waals surface area contributed by atoms with Crippen LogP contribution in [0, 0.1) is 10.1 Å². The van der Waals surface area contributed by atoms with E-state index in [9.17, 15) is 24.5 Å². The number of anilines is 1. The molecule has 3 rings (SSSR count). The third-order valence-corrected chi connectivity index (χ3v) is 6.08. The molecule has 2 aromatic rings. The van der Waals surface area contributed by atoms with E-state index < -0.39 is 4.92 Å². The van der Waals surface area contributed by atoms with Crippen LogP contribution >= 0.6 is 0 Å². The SMILES string of the molecule is COc1cc([N+](=O)[O-])ccc1NC(=O)CCCCCCCCCCN1C(=O)c2ccccc2C1=O. The molecule has 2 aromatic carbocycles. The molecule has 35 heavy (non-hydrogen) atoms. The monoisotopic (exact) mass is 481 g/mol. The van der Waals surface area contributed by atoms with E-state index in [1.807, 2.05) is 0 Å². The van der Waals surface area contributed by atoms with Gasteiger partial charge in [0.15, 0.2) is 0 Å². The zero-order valence-electron chi connectivity index (χ0n) is 20.0. The number of amides is 3. The number of ether oxygens (including phenoxy) is 1. The van der Waals surface area contributed by atoms with Gasteiger partial charge in [0.25, 0.3) is 17.5 Å². The van der Waals surface area contributed by atoms with Gasteiger partial charge in [-0.1, -0.05) is 50.7 Å². The van der Waals surface area contributed by atoms with E-state index in [1.165, 1.54) is 30.2 Å². The first kappa shape index (κ1) is 25.9. The number of hydrogen-bond acceptors (Lipinski definition) is 6. The predicted octanol–water partition coefficient (Wildman–Crippen LogP) is 5.35. The van der Waals surface area contributed by atoms with Crippen LogP contribution in [-0.2, 0) is 4.79 Å². The van der Waals surface area contributed by atoms with Crippen molar-refractivity contribution in [2.45, 2.75) is 57.8 Å². The summed E-state index contributed by atoms with van der Waals surface area (Å²) in [6.45, 7) is 0.459. The Hall–Kier alpha value is -3.75. The number of methoxy groups -OCH3 is 1. The second kappa shape index (κ2) is 12.6. The van der Waals surface area contributed by atoms with Crippen LogP contribution in [0.1, 0.15) is 78.5 Å². The van der Waals surface area contributed by atoms with Crippen LogP contribution in [0.25, 0.3) is 0 Å². The molecule has 0 unspecified atom stereocenters. The summed E-state index contributed by atoms with van der Waals surface area (Å²) < 4.78 is 5.13. The number of carbonyl (C=O) groups excluding carboxylic acids is 3. The highest BCUT2D eigenvalue weighted by molar-refractivity contribution is 6.21. The zero-order chi connectivity index (χ0) is 25.2. The van der Waals surface area contributed by atoms with Crippen molar-refractivity contribution in [3.05, 3.63) is 63.7 Å². The van der Waals surface area contributed by atoms with Crippen LogP contribution in [0.4, 0.5) is 11.4 Å². The van der Waals surface area contributed by atoms with E-state index in [0.717, 1.165) is 51.4 Å². The number of rotatable bonds is 14. The van der Waals surface area contributed by atoms with Crippen molar-refractivity contribution in [2.75, 3.05) is 19.0 Å². The Morgan fingerprint density at radius 1 is 0.914 bits per heavy atom. The van der Waals surface area contributed by atoms with Gasteiger partial charge in [0.1, 0.15) is 5.75 Å². The summed E-state index contributed by atoms with van der Waals surface area (Å²) in [5.41, 5.74) is 1.32. The van der Waals surface area contributed by atoms with Crippen molar-refractivity contribution in [1.82, 2.24) is 4.90 Å². The lowest BCUT2D eigenvalue weighted by atomic mass is 10.1. The predicted molar refractivity (Wildman–Crippen MR) is 132 cm³/mol. The Morgan fingerprint density at radius 3 is 2.06 bits per heavy atom. The molecule has 0 saturated heterocycles. The summed E-state index contributed by atoms with van der Waals surface area (Å²) in [7, 11) is 1.40. The quantitative estimate of drug-likeness (QED) is 0.168. The summed E-state index contributed by atoms with van der Waals surface area (Å²) in [5.74, 6) is -0.274. The van der Waals surface area contributed by atoms with Crippen molar-refractivity contribution in [3.63, 3.8) is 0 Å². The largest absolute Gasteiger partial charge is 0.494 e. The number of nitrogens with one attached hydrogen (secondary N) is 1. The second-order valence-corrected chi connectivity index (χ2v) is 8.58. The molecule has 1 aliphatic heterocycles. The van der Waals surface area contributed by atoms with Gasteiger partial charge in [0.2, 0.25) is 5.91 Å². The Balaban J connectivity index is 1.23. The van der Waals surface area contributed by atoms with Crippen LogP contribution in [0.2, 0.25) is 0 Å². The highest BCUT2D eigenvalue weighted by Crippen LogP contribution is 2.29. The van der Waals surface area contributed by atoms with Gasteiger partial charge in [-0.15, -0.1) is 0 Å². The molecule has 186 valence electrons. The Morgan fingerprint density at radius 2 is 1.49 bits per heavy atom. The van der Waals surface area contributed by atoms with Gasteiger partial charge in [-0.2, -0.15) is 0 Å². The minimum Gasteiger partial charge on any atom is -0.494 e. The minimum atomic E-state index is -0.511. The third-order valence-electron chi connectivity index (χ3n) is 6.08. The Bertz CT molecular complexity index is 1050. The van der Waals surface area contributed by atoms with Crippen molar-refractivity contribution in [2.24, 2.45) is 0 Å². The summed E-state index contributed by atoms with van der Waals surface area (Å²) in [5, 5.41) is 13.6. The van der Waals surface area contributed by atoms with Crippen LogP contribution in [0.5, 0.6) is 5.75 Å². The number of nitro groups is 1. The normalized spacial score (nSPS) is 12.5. The van der Waals surface area contributed by atoms with Crippen molar-refractivity contribution < 1.29 is 24.0 Å². The Kier molecular flexibility index (Phi) is 9.34. The molecule has 0 fully saturated rings. The zero-order valence-corrected chi connectivity index (χ0v) is 20.0. The van der Waals surface area contributed by atoms with Crippen molar-refractivity contribution in [1.29, 1.82) is 0 Å². The smallest absolute Gasteiger partial charge is 0.273 e. The maximum Gasteiger partial charge on any atom is 0.273 e. The van der Waals surface area contributed by atoms with E-state index in [2.05, 4.69) is 5.32 Å². The first-order valence-corrected chi connectivity index (χ1v) is 12.0. The van der Waals surface area contributed by atoms with Crippen LogP contribution in [0.15, 0.2) is 42.5 Å². The van der Waals surface area contributed by atoms with Gasteiger partial charge in [0, 0.05) is 19.0 Å². The first-order chi connectivity index (χ1) is 16.9. The molecule has 1 heterocycles. The van der Waals surface area contributed by atoms with E-state index in [4.69, 9.17) is 4.74 Å². The lowest BCUT2D eigenvalue weighted by Crippen LogP contribution is -2.30. The van der Waals surface area contributed by atoms with Crippen molar-refractivity contribution in [3.8, 4) is 5.75 Å². The molecule has 9 heteroatoms. The van der Waals surface area contributed by atoms with Gasteiger partial charge in [-0.25, -0.2) is 0 Å². The summed E-state index contributed by atoms with van der Waals surface area (Å²) in [4.78, 5) is 48.6. The molecule has 0 atom stereocenters. The number of nitrogens with zero attached hydrogens (tertiary/aromatic N) is 2. The molecule has 1 N–H and O–H groups in total. The molecule has 0 saturated carbocycles. The van der Waals surface area contributed by atoms with Gasteiger partial charge in [-0.3, -0.25) is 29.4 Å². The first-order valence-electron chi connectivity index (χ1n) is 12.0. The third kappa shape index (κ3) is 6.88. The number of nitro benzene ring substituents is 1. The Labute approximate surface area is 204 Å². The molecule has 3 amide bonds. The summed E-state index contributed by atoms with van der Waals surface area (Å²) >= 11 is 0. The number of fused-ring (bicyclic) bond motifs is 1. The van der Waals surface area contributed by atoms with Crippen LogP contribution < -0.4 is 10.1 Å². The standard InChI is InChI=1S/C26H31N3O6/c1-35-23-18-19(29(33)34)15-16-22(23)27-24(30)14-8-6-4-2-3-5-7-11-17-28-25(31)20-12-9-10-13-21(20)26(28)32/h9-10,12-13,15-16,18H,2-8,11,14,17H2,1H3,(H,27,30). The fourth-order valence-corrected chi connectivity index (χ4v) is 4.17. The van der Waals surface area contributed by atoms with Gasteiger partial charge in [-0.05, 0) is 31.0 Å². The number of hydrogen-bond donors (Lipinski definition) is 1. The van der Waals surface area contributed by atoms with E-state index in [0.29, 0.717) is 29.8 Å². The molecule has 0 spiro atoms. The average Bonchev–Trinajstić information content (AvgIpc) is 3.10. The average molecular weight is 482 g/mol. The number of unbranched alkanes of at least 4 members (excludes halogenated alkanes) is 7. The molecule has 9 nitrogen and oxygen atoms in total. The van der Waals surface area contributed by atoms with Crippen LogP contribution in [0.3, 0.4) is 0 Å². The topological polar surface area (TPSA) is 119 Å². The molecule has 1 aliphatic rings. The fraction of sp³-hybridized carbons (Fsp3) is 0.423. The number of carbonyl (C=O) groups is 3. The molecule has 0 aliphatic carbocycles. The maximum atomic E-state index is 12.3. The lowest BCUT2D eigenvalue weighted by molar-refractivity contribution is -0.384. The fourth-order valence-electron chi connectivity index (χ4n) is 4.17. The van der Waals surface area contributed by atoms with Gasteiger partial charge < -0.3 is 10.1 Å². The molecule has 0 radical (unpaired) electrons. The van der Waals surface area contributed by atoms with Gasteiger partial charge >= 0.3 is 0 Å². The molecular weight excluding hydrogens is 450 g/mol. The number of imide groups is 1. The van der Waals surface area contributed by atoms with Crippen LogP contribution in [-0.4, -0.2) is 41.2 Å². The highest BCUT2D eigenvalue weighted by Gasteiger charge is 2.34. The van der Waals surface area contributed by atoms with Gasteiger partial charge in [0.05, 0.1) is 34.9 Å². The number of non-ortho nitro benzene ring substituents is 1. The van der Waals surface area contributed by atoms with E-state index in [1.54, 1.807) is 24.3 Å². The molecule has 0 bridgehead atoms. The lowest BCUT2D eigenvalue weighted by Gasteiger charge is -2.13. The summed E-state index contributed by atoms with van der Waals surface area (Å²) in [6.07, 6.45) is 8.08. The second-order valence-electron chi connectivity index (χ2n) is 8.58. The minimum absolute atomic E-state index is 0.0940.